The number of rotatable bonds is 4. The molecule has 0 radical (unpaired) electrons. The van der Waals surface area contributed by atoms with Crippen molar-refractivity contribution in [3.8, 4) is 0 Å². The molecule has 0 aromatic heterocycles. The maximum absolute atomic E-state index is 12.4. The van der Waals surface area contributed by atoms with Crippen molar-refractivity contribution in [2.45, 2.75) is 46.6 Å². The molecule has 0 aromatic rings. The Hall–Kier alpha value is -0.170. The molecule has 2 fully saturated rings. The van der Waals surface area contributed by atoms with Crippen LogP contribution in [0.25, 0.3) is 0 Å². The largest absolute Gasteiger partial charge is 0.330 e. The first-order valence-corrected chi connectivity index (χ1v) is 8.54. The molecule has 1 unspecified atom stereocenters. The molecular formula is C13H27N3O2S. The van der Waals surface area contributed by atoms with Crippen molar-refractivity contribution in [1.29, 1.82) is 0 Å². The molecule has 5 nitrogen and oxygen atoms in total. The van der Waals surface area contributed by atoms with Gasteiger partial charge >= 0.3 is 0 Å². The maximum atomic E-state index is 12.4. The summed E-state index contributed by atoms with van der Waals surface area (Å²) in [6, 6.07) is 0.0169. The van der Waals surface area contributed by atoms with Crippen molar-refractivity contribution in [2.24, 2.45) is 22.5 Å². The van der Waals surface area contributed by atoms with Gasteiger partial charge in [-0.3, -0.25) is 0 Å². The molecule has 1 atom stereocenters. The van der Waals surface area contributed by atoms with Crippen LogP contribution in [0.5, 0.6) is 0 Å². The lowest BCUT2D eigenvalue weighted by Gasteiger charge is -2.31. The SMILES string of the molecule is CC1(C)C(NS(=O)(=O)N2CCCC(CN)C2)C1(C)C. The number of nitrogens with two attached hydrogens (primary N) is 1. The number of nitrogens with one attached hydrogen (secondary N) is 1. The van der Waals surface area contributed by atoms with Gasteiger partial charge in [-0.15, -0.1) is 0 Å². The average molecular weight is 289 g/mol. The summed E-state index contributed by atoms with van der Waals surface area (Å²) in [5.41, 5.74) is 5.70. The Morgan fingerprint density at radius 3 is 2.32 bits per heavy atom. The summed E-state index contributed by atoms with van der Waals surface area (Å²) in [4.78, 5) is 0. The van der Waals surface area contributed by atoms with Gasteiger partial charge in [0.15, 0.2) is 0 Å². The molecule has 1 saturated heterocycles. The van der Waals surface area contributed by atoms with Gasteiger partial charge in [0.1, 0.15) is 0 Å². The van der Waals surface area contributed by atoms with Crippen LogP contribution in [0.2, 0.25) is 0 Å². The van der Waals surface area contributed by atoms with Gasteiger partial charge in [-0.05, 0) is 36.1 Å². The number of hydrogen-bond donors (Lipinski definition) is 2. The molecule has 2 rings (SSSR count). The average Bonchev–Trinajstić information content (AvgIpc) is 2.71. The molecule has 1 saturated carbocycles. The number of piperidine rings is 1. The van der Waals surface area contributed by atoms with E-state index in [9.17, 15) is 8.42 Å². The van der Waals surface area contributed by atoms with Crippen LogP contribution < -0.4 is 10.5 Å². The Morgan fingerprint density at radius 1 is 1.26 bits per heavy atom. The van der Waals surface area contributed by atoms with Crippen molar-refractivity contribution in [1.82, 2.24) is 9.03 Å². The second kappa shape index (κ2) is 4.69. The van der Waals surface area contributed by atoms with Gasteiger partial charge in [0, 0.05) is 19.1 Å². The normalized spacial score (nSPS) is 31.3. The molecule has 3 N–H and O–H groups in total. The van der Waals surface area contributed by atoms with Crippen LogP contribution in [0.1, 0.15) is 40.5 Å². The van der Waals surface area contributed by atoms with Gasteiger partial charge in [0.2, 0.25) is 0 Å². The zero-order chi connectivity index (χ0) is 14.5. The minimum atomic E-state index is -3.38. The summed E-state index contributed by atoms with van der Waals surface area (Å²) >= 11 is 0. The van der Waals surface area contributed by atoms with Crippen LogP contribution in [0.3, 0.4) is 0 Å². The van der Waals surface area contributed by atoms with E-state index in [2.05, 4.69) is 32.4 Å². The first-order chi connectivity index (χ1) is 8.63. The molecular weight excluding hydrogens is 262 g/mol. The van der Waals surface area contributed by atoms with E-state index in [-0.39, 0.29) is 16.9 Å². The molecule has 112 valence electrons. The summed E-state index contributed by atoms with van der Waals surface area (Å²) in [6.07, 6.45) is 1.93. The van der Waals surface area contributed by atoms with Crippen LogP contribution >= 0.6 is 0 Å². The zero-order valence-electron chi connectivity index (χ0n) is 12.4. The van der Waals surface area contributed by atoms with Crippen LogP contribution in [0, 0.1) is 16.7 Å². The van der Waals surface area contributed by atoms with E-state index in [4.69, 9.17) is 5.73 Å². The second-order valence-corrected chi connectivity index (χ2v) is 8.80. The van der Waals surface area contributed by atoms with E-state index < -0.39 is 10.2 Å². The van der Waals surface area contributed by atoms with Crippen molar-refractivity contribution < 1.29 is 8.42 Å². The summed E-state index contributed by atoms with van der Waals surface area (Å²) in [5, 5.41) is 0. The van der Waals surface area contributed by atoms with Crippen LogP contribution in [0.15, 0.2) is 0 Å². The molecule has 1 aliphatic carbocycles. The van der Waals surface area contributed by atoms with E-state index in [1.807, 2.05) is 0 Å². The van der Waals surface area contributed by atoms with Crippen LogP contribution in [-0.4, -0.2) is 38.4 Å². The fourth-order valence-corrected chi connectivity index (χ4v) is 4.96. The van der Waals surface area contributed by atoms with Crippen LogP contribution in [0.4, 0.5) is 0 Å². The monoisotopic (exact) mass is 289 g/mol. The highest BCUT2D eigenvalue weighted by molar-refractivity contribution is 7.87. The lowest BCUT2D eigenvalue weighted by molar-refractivity contribution is 0.268. The fourth-order valence-electron chi connectivity index (χ4n) is 3.15. The molecule has 1 aliphatic heterocycles. The summed E-state index contributed by atoms with van der Waals surface area (Å²) in [5.74, 6) is 0.297. The summed E-state index contributed by atoms with van der Waals surface area (Å²) in [7, 11) is -3.38. The number of nitrogens with zero attached hydrogens (tertiary/aromatic N) is 1. The first kappa shape index (κ1) is 15.2. The minimum Gasteiger partial charge on any atom is -0.330 e. The predicted octanol–water partition coefficient (Wildman–Crippen LogP) is 0.926. The van der Waals surface area contributed by atoms with Gasteiger partial charge in [-0.1, -0.05) is 27.7 Å². The standard InChI is InChI=1S/C13H27N3O2S/c1-12(2)11(13(12,3)4)15-19(17,18)16-7-5-6-10(8-14)9-16/h10-11,15H,5-9,14H2,1-4H3. The van der Waals surface area contributed by atoms with Crippen molar-refractivity contribution in [2.75, 3.05) is 19.6 Å². The van der Waals surface area contributed by atoms with Gasteiger partial charge in [-0.2, -0.15) is 17.4 Å². The lowest BCUT2D eigenvalue weighted by Crippen LogP contribution is -2.48. The maximum Gasteiger partial charge on any atom is 0.279 e. The molecule has 2 aliphatic rings. The number of hydrogen-bond acceptors (Lipinski definition) is 3. The molecule has 0 bridgehead atoms. The molecule has 1 heterocycles. The molecule has 0 spiro atoms. The van der Waals surface area contributed by atoms with E-state index in [0.717, 1.165) is 12.8 Å². The fraction of sp³-hybridized carbons (Fsp3) is 1.00. The minimum absolute atomic E-state index is 0.0169. The van der Waals surface area contributed by atoms with Crippen LogP contribution in [-0.2, 0) is 10.2 Å². The zero-order valence-corrected chi connectivity index (χ0v) is 13.3. The Kier molecular flexibility index (Phi) is 3.75. The Labute approximate surface area is 117 Å². The highest BCUT2D eigenvalue weighted by atomic mass is 32.2. The third kappa shape index (κ3) is 2.55. The summed E-state index contributed by atoms with van der Waals surface area (Å²) < 4.78 is 29.3. The molecule has 0 aromatic carbocycles. The lowest BCUT2D eigenvalue weighted by atomic mass is 10.0. The van der Waals surface area contributed by atoms with E-state index >= 15 is 0 Å². The van der Waals surface area contributed by atoms with E-state index in [0.29, 0.717) is 25.6 Å². The van der Waals surface area contributed by atoms with Crippen molar-refractivity contribution in [3.63, 3.8) is 0 Å². The van der Waals surface area contributed by atoms with Crippen molar-refractivity contribution >= 4 is 10.2 Å². The van der Waals surface area contributed by atoms with E-state index in [1.54, 1.807) is 4.31 Å². The van der Waals surface area contributed by atoms with Gasteiger partial charge < -0.3 is 5.73 Å². The van der Waals surface area contributed by atoms with Gasteiger partial charge in [-0.25, -0.2) is 0 Å². The third-order valence-electron chi connectivity index (χ3n) is 5.44. The smallest absolute Gasteiger partial charge is 0.279 e. The Balaban J connectivity index is 2.04. The molecule has 6 heteroatoms. The molecule has 0 amide bonds. The Bertz CT molecular complexity index is 431. The van der Waals surface area contributed by atoms with E-state index in [1.165, 1.54) is 0 Å². The second-order valence-electron chi connectivity index (χ2n) is 7.10. The Morgan fingerprint density at radius 2 is 1.84 bits per heavy atom. The van der Waals surface area contributed by atoms with Crippen molar-refractivity contribution in [3.05, 3.63) is 0 Å². The van der Waals surface area contributed by atoms with Gasteiger partial charge in [0.05, 0.1) is 0 Å². The van der Waals surface area contributed by atoms with Gasteiger partial charge in [0.25, 0.3) is 10.2 Å². The predicted molar refractivity (Wildman–Crippen MR) is 76.8 cm³/mol. The quantitative estimate of drug-likeness (QED) is 0.808. The molecule has 19 heavy (non-hydrogen) atoms. The highest BCUT2D eigenvalue weighted by Gasteiger charge is 2.66. The third-order valence-corrected chi connectivity index (χ3v) is 6.99. The highest BCUT2D eigenvalue weighted by Crippen LogP contribution is 2.62. The topological polar surface area (TPSA) is 75.4 Å². The summed E-state index contributed by atoms with van der Waals surface area (Å²) in [6.45, 7) is 10.2. The first-order valence-electron chi connectivity index (χ1n) is 7.10.